The van der Waals surface area contributed by atoms with Gasteiger partial charge in [-0.1, -0.05) is 11.6 Å². The fraction of sp³-hybridized carbons (Fsp3) is 0.500. The number of nitrogens with zero attached hydrogens (tertiary/aromatic N) is 1. The number of aromatic nitrogens is 1. The highest BCUT2D eigenvalue weighted by Crippen LogP contribution is 2.26. The fourth-order valence-electron chi connectivity index (χ4n) is 1.26. The summed E-state index contributed by atoms with van der Waals surface area (Å²) in [6.07, 6.45) is -0.0581. The van der Waals surface area contributed by atoms with Crippen molar-refractivity contribution >= 4 is 24.2 Å². The van der Waals surface area contributed by atoms with Gasteiger partial charge in [-0.3, -0.25) is 0 Å². The van der Waals surface area contributed by atoms with Gasteiger partial charge < -0.3 is 14.9 Å². The summed E-state index contributed by atoms with van der Waals surface area (Å²) >= 11 is 9.85. The van der Waals surface area contributed by atoms with Gasteiger partial charge in [-0.15, -0.1) is 0 Å². The number of aliphatic hydroxyl groups is 2. The number of thiol groups is 1. The van der Waals surface area contributed by atoms with Crippen LogP contribution in [-0.2, 0) is 0 Å². The number of halogens is 1. The largest absolute Gasteiger partial charge is 0.480 e. The van der Waals surface area contributed by atoms with Crippen LogP contribution in [-0.4, -0.2) is 34.2 Å². The van der Waals surface area contributed by atoms with E-state index in [1.807, 2.05) is 0 Å². The van der Waals surface area contributed by atoms with E-state index in [1.165, 1.54) is 19.4 Å². The van der Waals surface area contributed by atoms with Crippen molar-refractivity contribution in [2.45, 2.75) is 18.6 Å². The molecule has 1 heterocycles. The summed E-state index contributed by atoms with van der Waals surface area (Å²) in [7, 11) is 1.46. The van der Waals surface area contributed by atoms with Gasteiger partial charge in [0.05, 0.1) is 13.2 Å². The lowest BCUT2D eigenvalue weighted by molar-refractivity contribution is 0.0170. The molecule has 16 heavy (non-hydrogen) atoms. The number of hydrogen-bond donors (Lipinski definition) is 3. The molecule has 0 saturated carbocycles. The maximum atomic E-state index is 9.78. The lowest BCUT2D eigenvalue weighted by atomic mass is 10.0. The van der Waals surface area contributed by atoms with Crippen molar-refractivity contribution in [1.29, 1.82) is 0 Å². The highest BCUT2D eigenvalue weighted by molar-refractivity contribution is 7.80. The number of ether oxygens (including phenoxy) is 1. The van der Waals surface area contributed by atoms with Crippen LogP contribution in [0.25, 0.3) is 0 Å². The number of hydrogen-bond acceptors (Lipinski definition) is 5. The number of methoxy groups -OCH3 is 1. The van der Waals surface area contributed by atoms with Crippen LogP contribution in [0.5, 0.6) is 5.88 Å². The zero-order chi connectivity index (χ0) is 12.1. The molecule has 0 aliphatic heterocycles. The molecule has 0 saturated heterocycles. The topological polar surface area (TPSA) is 62.6 Å². The van der Waals surface area contributed by atoms with Crippen LogP contribution >= 0.6 is 24.2 Å². The van der Waals surface area contributed by atoms with E-state index in [4.69, 9.17) is 16.3 Å². The molecular weight excluding hydrogens is 250 g/mol. The van der Waals surface area contributed by atoms with Gasteiger partial charge in [0.15, 0.2) is 0 Å². The Morgan fingerprint density at radius 1 is 1.56 bits per heavy atom. The first-order valence-corrected chi connectivity index (χ1v) is 5.77. The van der Waals surface area contributed by atoms with Crippen molar-refractivity contribution in [1.82, 2.24) is 4.98 Å². The number of rotatable bonds is 5. The molecule has 1 aromatic rings. The predicted molar refractivity (Wildman–Crippen MR) is 65.2 cm³/mol. The van der Waals surface area contributed by atoms with E-state index < -0.39 is 12.2 Å². The summed E-state index contributed by atoms with van der Waals surface area (Å²) in [5.41, 5.74) is 0.458. The average molecular weight is 264 g/mol. The molecule has 0 amide bonds. The summed E-state index contributed by atoms with van der Waals surface area (Å²) in [6.45, 7) is 0. The van der Waals surface area contributed by atoms with E-state index in [0.717, 1.165) is 0 Å². The van der Waals surface area contributed by atoms with Gasteiger partial charge in [0.1, 0.15) is 11.1 Å². The van der Waals surface area contributed by atoms with Crippen molar-refractivity contribution in [3.05, 3.63) is 22.8 Å². The van der Waals surface area contributed by atoms with Crippen LogP contribution in [0.3, 0.4) is 0 Å². The number of aliphatic hydroxyl groups excluding tert-OH is 2. The third-order valence-corrected chi connectivity index (χ3v) is 2.68. The second kappa shape index (κ2) is 6.30. The second-order valence-corrected chi connectivity index (χ2v) is 4.14. The van der Waals surface area contributed by atoms with Crippen LogP contribution in [0, 0.1) is 0 Å². The van der Waals surface area contributed by atoms with Gasteiger partial charge in [0, 0.05) is 11.8 Å². The average Bonchev–Trinajstić information content (AvgIpc) is 2.28. The first kappa shape index (κ1) is 13.6. The molecule has 1 rings (SSSR count). The van der Waals surface area contributed by atoms with Gasteiger partial charge in [0.25, 0.3) is 0 Å². The molecule has 0 aliphatic rings. The second-order valence-electron chi connectivity index (χ2n) is 3.28. The van der Waals surface area contributed by atoms with Gasteiger partial charge in [-0.25, -0.2) is 4.98 Å². The Hall–Kier alpha value is -0.490. The van der Waals surface area contributed by atoms with Crippen molar-refractivity contribution in [2.75, 3.05) is 12.9 Å². The third kappa shape index (κ3) is 3.25. The molecule has 0 radical (unpaired) electrons. The fourth-order valence-corrected chi connectivity index (χ4v) is 1.78. The number of pyridine rings is 1. The zero-order valence-electron chi connectivity index (χ0n) is 8.80. The Labute approximate surface area is 105 Å². The maximum absolute atomic E-state index is 9.78. The molecule has 0 fully saturated rings. The molecule has 0 spiro atoms. The Bertz CT molecular complexity index is 351. The zero-order valence-corrected chi connectivity index (χ0v) is 10.4. The first-order chi connectivity index (χ1) is 7.60. The minimum Gasteiger partial charge on any atom is -0.480 e. The highest BCUT2D eigenvalue weighted by atomic mass is 35.5. The summed E-state index contributed by atoms with van der Waals surface area (Å²) < 4.78 is 4.89. The molecule has 0 aromatic carbocycles. The molecule has 6 heteroatoms. The summed E-state index contributed by atoms with van der Waals surface area (Å²) in [6, 6.07) is 1.53. The van der Waals surface area contributed by atoms with E-state index in [0.29, 0.717) is 28.6 Å². The highest BCUT2D eigenvalue weighted by Gasteiger charge is 2.19. The minimum atomic E-state index is -1.01. The van der Waals surface area contributed by atoms with Crippen LogP contribution in [0.15, 0.2) is 12.3 Å². The smallest absolute Gasteiger partial charge is 0.232 e. The van der Waals surface area contributed by atoms with Crippen molar-refractivity contribution in [3.63, 3.8) is 0 Å². The van der Waals surface area contributed by atoms with Crippen molar-refractivity contribution in [3.8, 4) is 5.88 Å². The van der Waals surface area contributed by atoms with E-state index in [9.17, 15) is 10.2 Å². The van der Waals surface area contributed by atoms with Crippen LogP contribution in [0.4, 0.5) is 0 Å². The van der Waals surface area contributed by atoms with E-state index in [-0.39, 0.29) is 0 Å². The third-order valence-electron chi connectivity index (χ3n) is 2.15. The van der Waals surface area contributed by atoms with Crippen LogP contribution < -0.4 is 4.74 Å². The van der Waals surface area contributed by atoms with Gasteiger partial charge >= 0.3 is 0 Å². The minimum absolute atomic E-state index is 0.293. The summed E-state index contributed by atoms with van der Waals surface area (Å²) in [5.74, 6) is 0.788. The van der Waals surface area contributed by atoms with Crippen molar-refractivity contribution < 1.29 is 14.9 Å². The Morgan fingerprint density at radius 3 is 2.75 bits per heavy atom. The van der Waals surface area contributed by atoms with Crippen LogP contribution in [0.2, 0.25) is 5.02 Å². The molecule has 0 bridgehead atoms. The normalized spacial score (nSPS) is 14.6. The molecule has 4 nitrogen and oxygen atoms in total. The van der Waals surface area contributed by atoms with Gasteiger partial charge in [-0.2, -0.15) is 12.6 Å². The van der Waals surface area contributed by atoms with Crippen LogP contribution in [0.1, 0.15) is 18.1 Å². The molecule has 1 aromatic heterocycles. The lowest BCUT2D eigenvalue weighted by Gasteiger charge is -2.17. The Kier molecular flexibility index (Phi) is 5.34. The molecule has 2 atom stereocenters. The molecule has 0 aliphatic carbocycles. The van der Waals surface area contributed by atoms with Gasteiger partial charge in [0.2, 0.25) is 5.88 Å². The first-order valence-electron chi connectivity index (χ1n) is 4.76. The molecule has 2 N–H and O–H groups in total. The summed E-state index contributed by atoms with van der Waals surface area (Å²) in [4.78, 5) is 3.92. The predicted octanol–water partition coefficient (Wildman–Crippen LogP) is 1.46. The van der Waals surface area contributed by atoms with E-state index >= 15 is 0 Å². The quantitative estimate of drug-likeness (QED) is 0.704. The van der Waals surface area contributed by atoms with E-state index in [1.54, 1.807) is 0 Å². The molecule has 90 valence electrons. The van der Waals surface area contributed by atoms with Crippen molar-refractivity contribution in [2.24, 2.45) is 0 Å². The lowest BCUT2D eigenvalue weighted by Crippen LogP contribution is -2.18. The SMILES string of the molecule is COc1ncc(C(O)C(O)CCS)cc1Cl. The Balaban J connectivity index is 2.84. The standard InChI is InChI=1S/C10H14ClNO3S/c1-15-10-7(11)4-6(5-12-10)9(14)8(13)2-3-16/h4-5,8-9,13-14,16H,2-3H2,1H3. The molecule has 2 unspecified atom stereocenters. The Morgan fingerprint density at radius 2 is 2.25 bits per heavy atom. The summed E-state index contributed by atoms with van der Waals surface area (Å²) in [5, 5.41) is 19.7. The monoisotopic (exact) mass is 263 g/mol. The maximum Gasteiger partial charge on any atom is 0.232 e. The van der Waals surface area contributed by atoms with Gasteiger partial charge in [-0.05, 0) is 18.2 Å². The molecular formula is C10H14ClNO3S. The van der Waals surface area contributed by atoms with E-state index in [2.05, 4.69) is 17.6 Å².